The van der Waals surface area contributed by atoms with Crippen molar-refractivity contribution in [2.75, 3.05) is 20.1 Å². The molecule has 1 aliphatic rings. The van der Waals surface area contributed by atoms with Crippen LogP contribution in [0.15, 0.2) is 18.3 Å². The number of fused-ring (bicyclic) bond motifs is 1. The van der Waals surface area contributed by atoms with E-state index in [1.54, 1.807) is 6.07 Å². The highest BCUT2D eigenvalue weighted by molar-refractivity contribution is 6.29. The largest absolute Gasteiger partial charge is 0.331 e. The summed E-state index contributed by atoms with van der Waals surface area (Å²) >= 11 is 5.81. The number of piperidine rings is 1. The highest BCUT2D eigenvalue weighted by Gasteiger charge is 2.28. The molecule has 0 radical (unpaired) electrons. The normalized spacial score (nSPS) is 25.0. The Morgan fingerprint density at radius 3 is 3.11 bits per heavy atom. The van der Waals surface area contributed by atoms with Gasteiger partial charge in [-0.05, 0) is 32.1 Å². The van der Waals surface area contributed by atoms with Crippen molar-refractivity contribution in [1.29, 1.82) is 0 Å². The second kappa shape index (κ2) is 5.06. The van der Waals surface area contributed by atoms with Crippen LogP contribution in [0.4, 0.5) is 4.39 Å². The topological polar surface area (TPSA) is 34.0 Å². The van der Waals surface area contributed by atoms with Gasteiger partial charge in [-0.15, -0.1) is 10.2 Å². The van der Waals surface area contributed by atoms with E-state index in [1.807, 2.05) is 28.8 Å². The van der Waals surface area contributed by atoms with Crippen molar-refractivity contribution in [2.24, 2.45) is 5.92 Å². The summed E-state index contributed by atoms with van der Waals surface area (Å²) in [5, 5.41) is 9.28. The second-order valence-corrected chi connectivity index (χ2v) is 5.63. The molecule has 0 aliphatic carbocycles. The van der Waals surface area contributed by atoms with Gasteiger partial charge >= 0.3 is 0 Å². The molecule has 3 heterocycles. The molecule has 0 bridgehead atoms. The highest BCUT2D eigenvalue weighted by Crippen LogP contribution is 2.24. The summed E-state index contributed by atoms with van der Waals surface area (Å²) in [6.45, 7) is 2.11. The molecule has 0 aromatic carbocycles. The number of likely N-dealkylation sites (tertiary alicyclic amines) is 1. The third-order valence-electron chi connectivity index (χ3n) is 3.79. The van der Waals surface area contributed by atoms with Crippen LogP contribution < -0.4 is 0 Å². The Balaban J connectivity index is 1.81. The lowest BCUT2D eigenvalue weighted by atomic mass is 9.95. The quantitative estimate of drug-likeness (QED) is 0.848. The van der Waals surface area contributed by atoms with E-state index in [4.69, 9.17) is 11.6 Å². The fourth-order valence-electron chi connectivity index (χ4n) is 2.67. The standard InChI is InChI=1S/C13H16ClFN4/c1-18-4-2-10(11(15)8-18)7-19-5-3-9-6-12(14)16-17-13(9)19/h3,5-6,10-11H,2,4,7-8H2,1H3/t10-,11-/m1/s1. The van der Waals surface area contributed by atoms with E-state index < -0.39 is 6.17 Å². The van der Waals surface area contributed by atoms with E-state index in [-0.39, 0.29) is 5.92 Å². The molecule has 2 aromatic heterocycles. The Morgan fingerprint density at radius 1 is 1.47 bits per heavy atom. The van der Waals surface area contributed by atoms with Gasteiger partial charge in [0.2, 0.25) is 0 Å². The molecule has 0 amide bonds. The zero-order valence-corrected chi connectivity index (χ0v) is 11.5. The molecule has 1 aliphatic heterocycles. The summed E-state index contributed by atoms with van der Waals surface area (Å²) in [5.74, 6) is 0.0456. The van der Waals surface area contributed by atoms with Gasteiger partial charge < -0.3 is 9.47 Å². The number of nitrogens with zero attached hydrogens (tertiary/aromatic N) is 4. The molecule has 6 heteroatoms. The van der Waals surface area contributed by atoms with E-state index in [0.717, 1.165) is 24.0 Å². The van der Waals surface area contributed by atoms with E-state index in [9.17, 15) is 4.39 Å². The van der Waals surface area contributed by atoms with Gasteiger partial charge in [0.15, 0.2) is 10.8 Å². The third-order valence-corrected chi connectivity index (χ3v) is 3.97. The molecule has 2 aromatic rings. The van der Waals surface area contributed by atoms with E-state index in [1.165, 1.54) is 0 Å². The van der Waals surface area contributed by atoms with Crippen LogP contribution in [0.25, 0.3) is 11.0 Å². The van der Waals surface area contributed by atoms with Crippen molar-refractivity contribution in [2.45, 2.75) is 19.1 Å². The van der Waals surface area contributed by atoms with Crippen LogP contribution >= 0.6 is 11.6 Å². The zero-order chi connectivity index (χ0) is 13.4. The lowest BCUT2D eigenvalue weighted by molar-refractivity contribution is 0.0926. The molecule has 0 spiro atoms. The van der Waals surface area contributed by atoms with E-state index in [2.05, 4.69) is 10.2 Å². The first-order chi connectivity index (χ1) is 9.13. The fraction of sp³-hybridized carbons (Fsp3) is 0.538. The Kier molecular flexibility index (Phi) is 3.41. The fourth-order valence-corrected chi connectivity index (χ4v) is 2.83. The van der Waals surface area contributed by atoms with Crippen LogP contribution in [0.1, 0.15) is 6.42 Å². The number of hydrogen-bond donors (Lipinski definition) is 0. The molecule has 3 rings (SSSR count). The summed E-state index contributed by atoms with van der Waals surface area (Å²) in [6.07, 6.45) is 2.02. The summed E-state index contributed by atoms with van der Waals surface area (Å²) in [4.78, 5) is 2.04. The monoisotopic (exact) mass is 282 g/mol. The summed E-state index contributed by atoms with van der Waals surface area (Å²) in [6, 6.07) is 3.72. The maximum Gasteiger partial charge on any atom is 0.162 e. The first-order valence-corrected chi connectivity index (χ1v) is 6.82. The number of rotatable bonds is 2. The predicted octanol–water partition coefficient (Wildman–Crippen LogP) is 2.37. The molecule has 1 saturated heterocycles. The van der Waals surface area contributed by atoms with Gasteiger partial charge in [-0.25, -0.2) is 4.39 Å². The number of halogens is 2. The molecule has 4 nitrogen and oxygen atoms in total. The van der Waals surface area contributed by atoms with Gasteiger partial charge in [0.1, 0.15) is 6.17 Å². The van der Waals surface area contributed by atoms with Crippen LogP contribution in [0, 0.1) is 5.92 Å². The van der Waals surface area contributed by atoms with E-state index >= 15 is 0 Å². The predicted molar refractivity (Wildman–Crippen MR) is 73.0 cm³/mol. The second-order valence-electron chi connectivity index (χ2n) is 5.24. The van der Waals surface area contributed by atoms with Gasteiger partial charge in [0, 0.05) is 30.6 Å². The van der Waals surface area contributed by atoms with Gasteiger partial charge in [0.05, 0.1) is 0 Å². The zero-order valence-electron chi connectivity index (χ0n) is 10.8. The Morgan fingerprint density at radius 2 is 2.32 bits per heavy atom. The molecule has 102 valence electrons. The minimum absolute atomic E-state index is 0.0456. The molecular weight excluding hydrogens is 267 g/mol. The Labute approximate surface area is 116 Å². The van der Waals surface area contributed by atoms with Crippen molar-refractivity contribution in [1.82, 2.24) is 19.7 Å². The van der Waals surface area contributed by atoms with Crippen LogP contribution in [-0.4, -0.2) is 46.0 Å². The maximum atomic E-state index is 14.0. The number of aromatic nitrogens is 3. The van der Waals surface area contributed by atoms with Crippen molar-refractivity contribution in [3.8, 4) is 0 Å². The van der Waals surface area contributed by atoms with Crippen molar-refractivity contribution in [3.63, 3.8) is 0 Å². The highest BCUT2D eigenvalue weighted by atomic mass is 35.5. The number of hydrogen-bond acceptors (Lipinski definition) is 3. The van der Waals surface area contributed by atoms with Crippen LogP contribution in [0.3, 0.4) is 0 Å². The lowest BCUT2D eigenvalue weighted by Crippen LogP contribution is -2.40. The SMILES string of the molecule is CN1CC[C@H](Cn2ccc3cc(Cl)nnc32)[C@H](F)C1. The molecule has 0 saturated carbocycles. The summed E-state index contributed by atoms with van der Waals surface area (Å²) in [5.41, 5.74) is 0.774. The Bertz CT molecular complexity index is 585. The minimum Gasteiger partial charge on any atom is -0.331 e. The first-order valence-electron chi connectivity index (χ1n) is 6.44. The van der Waals surface area contributed by atoms with Gasteiger partial charge in [-0.2, -0.15) is 0 Å². The number of alkyl halides is 1. The van der Waals surface area contributed by atoms with Gasteiger partial charge in [-0.1, -0.05) is 11.6 Å². The van der Waals surface area contributed by atoms with E-state index in [0.29, 0.717) is 18.2 Å². The average Bonchev–Trinajstić information content (AvgIpc) is 2.75. The van der Waals surface area contributed by atoms with Crippen molar-refractivity contribution in [3.05, 3.63) is 23.5 Å². The molecule has 19 heavy (non-hydrogen) atoms. The maximum absolute atomic E-state index is 14.0. The molecule has 1 fully saturated rings. The van der Waals surface area contributed by atoms with Crippen LogP contribution in [0.2, 0.25) is 5.15 Å². The average molecular weight is 283 g/mol. The van der Waals surface area contributed by atoms with Crippen LogP contribution in [0.5, 0.6) is 0 Å². The van der Waals surface area contributed by atoms with Gasteiger partial charge in [0.25, 0.3) is 0 Å². The molecular formula is C13H16ClFN4. The first kappa shape index (κ1) is 12.8. The minimum atomic E-state index is -0.781. The van der Waals surface area contributed by atoms with Crippen molar-refractivity contribution >= 4 is 22.6 Å². The third kappa shape index (κ3) is 2.58. The summed E-state index contributed by atoms with van der Waals surface area (Å²) < 4.78 is 16.0. The Hall–Kier alpha value is -1.20. The lowest BCUT2D eigenvalue weighted by Gasteiger charge is -2.32. The smallest absolute Gasteiger partial charge is 0.162 e. The van der Waals surface area contributed by atoms with Crippen LogP contribution in [-0.2, 0) is 6.54 Å². The molecule has 0 N–H and O–H groups in total. The summed E-state index contributed by atoms with van der Waals surface area (Å²) in [7, 11) is 1.96. The van der Waals surface area contributed by atoms with Crippen molar-refractivity contribution < 1.29 is 4.39 Å². The molecule has 0 unspecified atom stereocenters. The molecule has 2 atom stereocenters. The van der Waals surface area contributed by atoms with Gasteiger partial charge in [-0.3, -0.25) is 0 Å².